The van der Waals surface area contributed by atoms with Gasteiger partial charge in [-0.15, -0.1) is 0 Å². The quantitative estimate of drug-likeness (QED) is 0.762. The van der Waals surface area contributed by atoms with Crippen LogP contribution in [0, 0.1) is 5.82 Å². The Kier molecular flexibility index (Phi) is 6.78. The topological polar surface area (TPSA) is 41.1 Å². The summed E-state index contributed by atoms with van der Waals surface area (Å²) in [5.74, 6) is 1.37. The second kappa shape index (κ2) is 9.08. The fourth-order valence-corrected chi connectivity index (χ4v) is 2.50. The molecule has 0 aliphatic carbocycles. The lowest BCUT2D eigenvalue weighted by Crippen LogP contribution is -2.26. The monoisotopic (exact) mass is 316 g/mol. The normalized spacial score (nSPS) is 10.6. The third-order valence-electron chi connectivity index (χ3n) is 3.59. The van der Waals surface area contributed by atoms with Gasteiger partial charge in [0.05, 0.1) is 0 Å². The fourth-order valence-electron chi connectivity index (χ4n) is 2.50. The van der Waals surface area contributed by atoms with Gasteiger partial charge in [-0.3, -0.25) is 0 Å². The van der Waals surface area contributed by atoms with Crippen molar-refractivity contribution in [2.75, 3.05) is 29.9 Å². The molecule has 0 aliphatic rings. The van der Waals surface area contributed by atoms with E-state index in [4.69, 9.17) is 0 Å². The van der Waals surface area contributed by atoms with Crippen LogP contribution in [0.15, 0.2) is 36.5 Å². The van der Waals surface area contributed by atoms with Gasteiger partial charge < -0.3 is 10.2 Å². The molecule has 2 aromatic rings. The van der Waals surface area contributed by atoms with Crippen LogP contribution in [0.5, 0.6) is 0 Å². The van der Waals surface area contributed by atoms with E-state index in [0.717, 1.165) is 31.7 Å². The van der Waals surface area contributed by atoms with Gasteiger partial charge in [0.25, 0.3) is 0 Å². The lowest BCUT2D eigenvalue weighted by atomic mass is 10.1. The first-order valence-electron chi connectivity index (χ1n) is 8.29. The van der Waals surface area contributed by atoms with E-state index in [1.807, 2.05) is 12.1 Å². The summed E-state index contributed by atoms with van der Waals surface area (Å²) >= 11 is 0. The Morgan fingerprint density at radius 2 is 1.83 bits per heavy atom. The van der Waals surface area contributed by atoms with Crippen LogP contribution in [0.4, 0.5) is 16.2 Å². The number of benzene rings is 1. The van der Waals surface area contributed by atoms with Gasteiger partial charge in [-0.05, 0) is 37.0 Å². The third kappa shape index (κ3) is 5.20. The molecule has 23 heavy (non-hydrogen) atoms. The molecule has 0 unspecified atom stereocenters. The Morgan fingerprint density at radius 3 is 2.52 bits per heavy atom. The van der Waals surface area contributed by atoms with E-state index in [1.54, 1.807) is 18.3 Å². The molecule has 1 aromatic heterocycles. The summed E-state index contributed by atoms with van der Waals surface area (Å²) < 4.78 is 13.6. The van der Waals surface area contributed by atoms with Gasteiger partial charge in [-0.25, -0.2) is 9.37 Å². The maximum atomic E-state index is 13.6. The van der Waals surface area contributed by atoms with E-state index in [-0.39, 0.29) is 5.82 Å². The van der Waals surface area contributed by atoms with E-state index in [9.17, 15) is 4.39 Å². The van der Waals surface area contributed by atoms with Crippen LogP contribution in [0.2, 0.25) is 0 Å². The van der Waals surface area contributed by atoms with Crippen molar-refractivity contribution < 1.29 is 4.39 Å². The number of rotatable bonds is 9. The Bertz CT molecular complexity index is 597. The average molecular weight is 316 g/mol. The Labute approximate surface area is 137 Å². The molecule has 0 bridgehead atoms. The first-order valence-corrected chi connectivity index (χ1v) is 8.29. The highest BCUT2D eigenvalue weighted by Gasteiger charge is 2.07. The highest BCUT2D eigenvalue weighted by atomic mass is 19.1. The molecular formula is C18H25FN4. The SMILES string of the molecule is CCCN(CCC)c1ccnc(NCCc2ccccc2F)n1. The first kappa shape index (κ1) is 17.2. The number of halogens is 1. The molecule has 0 fully saturated rings. The number of nitrogens with one attached hydrogen (secondary N) is 1. The molecule has 2 rings (SSSR count). The number of hydrogen-bond acceptors (Lipinski definition) is 4. The van der Waals surface area contributed by atoms with E-state index in [1.165, 1.54) is 6.07 Å². The van der Waals surface area contributed by atoms with Crippen LogP contribution in [-0.2, 0) is 6.42 Å². The van der Waals surface area contributed by atoms with Crippen LogP contribution in [0.1, 0.15) is 32.3 Å². The van der Waals surface area contributed by atoms with Crippen LogP contribution in [-0.4, -0.2) is 29.6 Å². The molecule has 0 radical (unpaired) electrons. The molecule has 124 valence electrons. The van der Waals surface area contributed by atoms with Crippen molar-refractivity contribution in [3.63, 3.8) is 0 Å². The van der Waals surface area contributed by atoms with Crippen LogP contribution >= 0.6 is 0 Å². The minimum atomic E-state index is -0.166. The molecule has 0 saturated carbocycles. The van der Waals surface area contributed by atoms with Gasteiger partial charge >= 0.3 is 0 Å². The lowest BCUT2D eigenvalue weighted by molar-refractivity contribution is 0.610. The van der Waals surface area contributed by atoms with E-state index in [0.29, 0.717) is 24.5 Å². The highest BCUT2D eigenvalue weighted by Crippen LogP contribution is 2.13. The minimum absolute atomic E-state index is 0.166. The van der Waals surface area contributed by atoms with Gasteiger partial charge in [-0.1, -0.05) is 32.0 Å². The van der Waals surface area contributed by atoms with Crippen LogP contribution in [0.3, 0.4) is 0 Å². The van der Waals surface area contributed by atoms with E-state index >= 15 is 0 Å². The zero-order valence-electron chi connectivity index (χ0n) is 13.9. The van der Waals surface area contributed by atoms with Crippen molar-refractivity contribution >= 4 is 11.8 Å². The van der Waals surface area contributed by atoms with Gasteiger partial charge in [0.2, 0.25) is 5.95 Å². The number of aromatic nitrogens is 2. The summed E-state index contributed by atoms with van der Waals surface area (Å²) in [5, 5.41) is 3.18. The first-order chi connectivity index (χ1) is 11.2. The smallest absolute Gasteiger partial charge is 0.224 e. The van der Waals surface area contributed by atoms with Crippen molar-refractivity contribution in [1.82, 2.24) is 9.97 Å². The standard InChI is InChI=1S/C18H25FN4/c1-3-13-23(14-4-2)17-10-12-21-18(22-17)20-11-9-15-7-5-6-8-16(15)19/h5-8,10,12H,3-4,9,11,13-14H2,1-2H3,(H,20,21,22). The van der Waals surface area contributed by atoms with Crippen molar-refractivity contribution in [2.24, 2.45) is 0 Å². The molecule has 0 atom stereocenters. The van der Waals surface area contributed by atoms with Crippen molar-refractivity contribution in [2.45, 2.75) is 33.1 Å². The van der Waals surface area contributed by atoms with Crippen LogP contribution in [0.25, 0.3) is 0 Å². The van der Waals surface area contributed by atoms with Crippen molar-refractivity contribution in [1.29, 1.82) is 0 Å². The predicted molar refractivity (Wildman–Crippen MR) is 93.4 cm³/mol. The van der Waals surface area contributed by atoms with Crippen molar-refractivity contribution in [3.8, 4) is 0 Å². The zero-order chi connectivity index (χ0) is 16.5. The second-order valence-electron chi connectivity index (χ2n) is 5.49. The molecule has 1 heterocycles. The fraction of sp³-hybridized carbons (Fsp3) is 0.444. The Hall–Kier alpha value is -2.17. The summed E-state index contributed by atoms with van der Waals surface area (Å²) in [6.07, 6.45) is 4.54. The summed E-state index contributed by atoms with van der Waals surface area (Å²) in [5.41, 5.74) is 0.703. The molecular weight excluding hydrogens is 291 g/mol. The lowest BCUT2D eigenvalue weighted by Gasteiger charge is -2.22. The second-order valence-corrected chi connectivity index (χ2v) is 5.49. The minimum Gasteiger partial charge on any atom is -0.356 e. The van der Waals surface area contributed by atoms with E-state index < -0.39 is 0 Å². The molecule has 0 spiro atoms. The maximum absolute atomic E-state index is 13.6. The Balaban J connectivity index is 1.95. The number of nitrogens with zero attached hydrogens (tertiary/aromatic N) is 3. The summed E-state index contributed by atoms with van der Waals surface area (Å²) in [6.45, 7) is 6.90. The predicted octanol–water partition coefficient (Wildman–Crippen LogP) is 3.90. The largest absolute Gasteiger partial charge is 0.356 e. The molecule has 1 aromatic carbocycles. The Morgan fingerprint density at radius 1 is 1.09 bits per heavy atom. The molecule has 0 aliphatic heterocycles. The third-order valence-corrected chi connectivity index (χ3v) is 3.59. The molecule has 0 amide bonds. The number of anilines is 2. The van der Waals surface area contributed by atoms with Gasteiger partial charge in [0, 0.05) is 25.8 Å². The molecule has 1 N–H and O–H groups in total. The molecule has 5 heteroatoms. The maximum Gasteiger partial charge on any atom is 0.224 e. The molecule has 0 saturated heterocycles. The van der Waals surface area contributed by atoms with Crippen molar-refractivity contribution in [3.05, 3.63) is 47.9 Å². The zero-order valence-corrected chi connectivity index (χ0v) is 13.9. The summed E-state index contributed by atoms with van der Waals surface area (Å²) in [6, 6.07) is 8.78. The summed E-state index contributed by atoms with van der Waals surface area (Å²) in [7, 11) is 0. The summed E-state index contributed by atoms with van der Waals surface area (Å²) in [4.78, 5) is 11.1. The number of hydrogen-bond donors (Lipinski definition) is 1. The molecule has 4 nitrogen and oxygen atoms in total. The van der Waals surface area contributed by atoms with Gasteiger partial charge in [-0.2, -0.15) is 4.98 Å². The van der Waals surface area contributed by atoms with Gasteiger partial charge in [0.15, 0.2) is 0 Å². The van der Waals surface area contributed by atoms with Crippen LogP contribution < -0.4 is 10.2 Å². The van der Waals surface area contributed by atoms with E-state index in [2.05, 4.69) is 34.0 Å². The highest BCUT2D eigenvalue weighted by molar-refractivity contribution is 5.42. The van der Waals surface area contributed by atoms with Gasteiger partial charge in [0.1, 0.15) is 11.6 Å². The average Bonchev–Trinajstić information content (AvgIpc) is 2.57.